The molecule has 0 unspecified atom stereocenters. The van der Waals surface area contributed by atoms with Crippen LogP contribution in [0.15, 0.2) is 42.7 Å². The van der Waals surface area contributed by atoms with Gasteiger partial charge in [-0.05, 0) is 18.7 Å². The van der Waals surface area contributed by atoms with Crippen LogP contribution in [0.1, 0.15) is 17.3 Å². The van der Waals surface area contributed by atoms with Gasteiger partial charge in [0.1, 0.15) is 0 Å². The lowest BCUT2D eigenvalue weighted by Gasteiger charge is -2.34. The van der Waals surface area contributed by atoms with Gasteiger partial charge in [0.15, 0.2) is 0 Å². The minimum atomic E-state index is 0.0437. The van der Waals surface area contributed by atoms with Crippen molar-refractivity contribution in [1.29, 1.82) is 0 Å². The van der Waals surface area contributed by atoms with E-state index in [-0.39, 0.29) is 5.91 Å². The highest BCUT2D eigenvalue weighted by atomic mass is 35.5. The van der Waals surface area contributed by atoms with Crippen LogP contribution in [0, 0.1) is 0 Å². The largest absolute Gasteiger partial charge is 0.336 e. The Hall–Kier alpha value is -1.91. The van der Waals surface area contributed by atoms with Crippen molar-refractivity contribution < 1.29 is 4.79 Å². The topological polar surface area (TPSA) is 36.4 Å². The number of hydrogen-bond acceptors (Lipinski definition) is 3. The molecule has 1 aromatic carbocycles. The molecule has 0 aliphatic carbocycles. The Morgan fingerprint density at radius 1 is 1.17 bits per heavy atom. The predicted octanol–water partition coefficient (Wildman–Crippen LogP) is 3.18. The molecule has 0 saturated carbocycles. The number of hydrogen-bond donors (Lipinski definition) is 0. The van der Waals surface area contributed by atoms with E-state index < -0.39 is 0 Å². The van der Waals surface area contributed by atoms with Crippen LogP contribution >= 0.6 is 11.6 Å². The number of nitrogens with zero attached hydrogens (tertiary/aromatic N) is 3. The van der Waals surface area contributed by atoms with Crippen molar-refractivity contribution in [2.75, 3.05) is 32.7 Å². The fourth-order valence-electron chi connectivity index (χ4n) is 2.85. The molecule has 0 radical (unpaired) electrons. The highest BCUT2D eigenvalue weighted by Gasteiger charge is 2.21. The van der Waals surface area contributed by atoms with Gasteiger partial charge in [-0.1, -0.05) is 36.7 Å². The van der Waals surface area contributed by atoms with E-state index in [0.717, 1.165) is 43.9 Å². The van der Waals surface area contributed by atoms with Gasteiger partial charge in [0.05, 0.1) is 5.56 Å². The van der Waals surface area contributed by atoms with E-state index in [1.165, 1.54) is 0 Å². The van der Waals surface area contributed by atoms with Crippen molar-refractivity contribution in [3.63, 3.8) is 0 Å². The molecular weight excluding hydrogens is 310 g/mol. The van der Waals surface area contributed by atoms with Gasteiger partial charge in [-0.3, -0.25) is 9.78 Å². The second-order valence-corrected chi connectivity index (χ2v) is 6.08. The van der Waals surface area contributed by atoms with Crippen LogP contribution < -0.4 is 0 Å². The highest BCUT2D eigenvalue weighted by molar-refractivity contribution is 6.33. The highest BCUT2D eigenvalue weighted by Crippen LogP contribution is 2.27. The molecule has 0 spiro atoms. The smallest absolute Gasteiger partial charge is 0.255 e. The molecule has 0 N–H and O–H groups in total. The normalized spacial score (nSPS) is 15.7. The number of carbonyl (C=O) groups excluding carboxylic acids is 1. The number of amides is 1. The third kappa shape index (κ3) is 3.54. The van der Waals surface area contributed by atoms with Crippen molar-refractivity contribution in [2.45, 2.75) is 6.92 Å². The first-order chi connectivity index (χ1) is 11.2. The Morgan fingerprint density at radius 3 is 2.61 bits per heavy atom. The number of likely N-dealkylation sites (N-methyl/N-ethyl adjacent to an activating group) is 1. The van der Waals surface area contributed by atoms with E-state index in [2.05, 4.69) is 16.8 Å². The maximum absolute atomic E-state index is 12.7. The standard InChI is InChI=1S/C18H20ClN3O/c1-2-21-7-9-22(10-8-21)18(23)15-11-14(12-20-13-15)16-5-3-4-6-17(16)19/h3-6,11-13H,2,7-10H2,1H3. The molecule has 120 valence electrons. The number of carbonyl (C=O) groups is 1. The summed E-state index contributed by atoms with van der Waals surface area (Å²) in [5, 5.41) is 0.662. The zero-order valence-electron chi connectivity index (χ0n) is 13.2. The number of halogens is 1. The summed E-state index contributed by atoms with van der Waals surface area (Å²) in [4.78, 5) is 21.2. The van der Waals surface area contributed by atoms with Gasteiger partial charge in [-0.15, -0.1) is 0 Å². The second kappa shape index (κ2) is 7.11. The minimum Gasteiger partial charge on any atom is -0.336 e. The van der Waals surface area contributed by atoms with Crippen LogP contribution in [0.3, 0.4) is 0 Å². The van der Waals surface area contributed by atoms with E-state index >= 15 is 0 Å². The summed E-state index contributed by atoms with van der Waals surface area (Å²) in [6, 6.07) is 9.48. The van der Waals surface area contributed by atoms with Crippen molar-refractivity contribution in [2.24, 2.45) is 0 Å². The van der Waals surface area contributed by atoms with Gasteiger partial charge in [0.25, 0.3) is 5.91 Å². The first-order valence-electron chi connectivity index (χ1n) is 7.90. The summed E-state index contributed by atoms with van der Waals surface area (Å²) in [6.07, 6.45) is 3.38. The van der Waals surface area contributed by atoms with Crippen molar-refractivity contribution >= 4 is 17.5 Å². The van der Waals surface area contributed by atoms with E-state index in [4.69, 9.17) is 11.6 Å². The Bertz CT molecular complexity index is 696. The zero-order valence-corrected chi connectivity index (χ0v) is 14.0. The van der Waals surface area contributed by atoms with Gasteiger partial charge in [-0.2, -0.15) is 0 Å². The Morgan fingerprint density at radius 2 is 1.91 bits per heavy atom. The predicted molar refractivity (Wildman–Crippen MR) is 92.7 cm³/mol. The van der Waals surface area contributed by atoms with E-state index in [9.17, 15) is 4.79 Å². The van der Waals surface area contributed by atoms with Crippen LogP contribution in [0.5, 0.6) is 0 Å². The van der Waals surface area contributed by atoms with E-state index in [0.29, 0.717) is 10.6 Å². The maximum atomic E-state index is 12.7. The molecule has 1 aliphatic heterocycles. The third-order valence-electron chi connectivity index (χ3n) is 4.28. The zero-order chi connectivity index (χ0) is 16.2. The van der Waals surface area contributed by atoms with Crippen molar-refractivity contribution in [3.05, 3.63) is 53.3 Å². The molecule has 1 aromatic heterocycles. The number of pyridine rings is 1. The molecule has 4 nitrogen and oxygen atoms in total. The quantitative estimate of drug-likeness (QED) is 0.867. The third-order valence-corrected chi connectivity index (χ3v) is 4.61. The van der Waals surface area contributed by atoms with E-state index in [1.807, 2.05) is 35.2 Å². The molecular formula is C18H20ClN3O. The monoisotopic (exact) mass is 329 g/mol. The number of aromatic nitrogens is 1. The van der Waals surface area contributed by atoms with Crippen LogP contribution in [0.25, 0.3) is 11.1 Å². The van der Waals surface area contributed by atoms with Gasteiger partial charge in [0.2, 0.25) is 0 Å². The number of piperazine rings is 1. The van der Waals surface area contributed by atoms with Gasteiger partial charge in [0, 0.05) is 54.7 Å². The molecule has 1 fully saturated rings. The molecule has 0 atom stereocenters. The Balaban J connectivity index is 1.80. The SMILES string of the molecule is CCN1CCN(C(=O)c2cncc(-c3ccccc3Cl)c2)CC1. The van der Waals surface area contributed by atoms with Gasteiger partial charge < -0.3 is 9.80 Å². The van der Waals surface area contributed by atoms with Crippen LogP contribution in [-0.2, 0) is 0 Å². The first-order valence-corrected chi connectivity index (χ1v) is 8.28. The van der Waals surface area contributed by atoms with Crippen molar-refractivity contribution in [3.8, 4) is 11.1 Å². The van der Waals surface area contributed by atoms with Crippen molar-refractivity contribution in [1.82, 2.24) is 14.8 Å². The van der Waals surface area contributed by atoms with Gasteiger partial charge in [-0.25, -0.2) is 0 Å². The summed E-state index contributed by atoms with van der Waals surface area (Å²) >= 11 is 6.24. The molecule has 2 aromatic rings. The minimum absolute atomic E-state index is 0.0437. The fraction of sp³-hybridized carbons (Fsp3) is 0.333. The molecule has 2 heterocycles. The van der Waals surface area contributed by atoms with E-state index in [1.54, 1.807) is 12.4 Å². The number of rotatable bonds is 3. The van der Waals surface area contributed by atoms with Gasteiger partial charge >= 0.3 is 0 Å². The Labute approximate surface area is 141 Å². The molecule has 23 heavy (non-hydrogen) atoms. The molecule has 1 amide bonds. The van der Waals surface area contributed by atoms with Crippen LogP contribution in [0.4, 0.5) is 0 Å². The molecule has 0 bridgehead atoms. The lowest BCUT2D eigenvalue weighted by atomic mass is 10.1. The first kappa shape index (κ1) is 16.0. The average molecular weight is 330 g/mol. The Kier molecular flexibility index (Phi) is 4.94. The lowest BCUT2D eigenvalue weighted by Crippen LogP contribution is -2.48. The molecule has 1 saturated heterocycles. The average Bonchev–Trinajstić information content (AvgIpc) is 2.62. The lowest BCUT2D eigenvalue weighted by molar-refractivity contribution is 0.0643. The summed E-state index contributed by atoms with van der Waals surface area (Å²) in [5.41, 5.74) is 2.38. The van der Waals surface area contributed by atoms with Crippen LogP contribution in [-0.4, -0.2) is 53.4 Å². The summed E-state index contributed by atoms with van der Waals surface area (Å²) in [5.74, 6) is 0.0437. The summed E-state index contributed by atoms with van der Waals surface area (Å²) < 4.78 is 0. The maximum Gasteiger partial charge on any atom is 0.255 e. The molecule has 5 heteroatoms. The van der Waals surface area contributed by atoms with Crippen LogP contribution in [0.2, 0.25) is 5.02 Å². The molecule has 3 rings (SSSR count). The fourth-order valence-corrected chi connectivity index (χ4v) is 3.09. The molecule has 1 aliphatic rings. The number of benzene rings is 1. The summed E-state index contributed by atoms with van der Waals surface area (Å²) in [7, 11) is 0. The second-order valence-electron chi connectivity index (χ2n) is 5.67. The summed E-state index contributed by atoms with van der Waals surface area (Å²) in [6.45, 7) is 6.58.